The Morgan fingerprint density at radius 2 is 1.96 bits per heavy atom. The van der Waals surface area contributed by atoms with E-state index in [1.165, 1.54) is 6.08 Å². The van der Waals surface area contributed by atoms with Crippen molar-refractivity contribution < 1.29 is 24.9 Å². The van der Waals surface area contributed by atoms with Gasteiger partial charge in [0.2, 0.25) is 0 Å². The van der Waals surface area contributed by atoms with E-state index in [1.54, 1.807) is 24.4 Å². The maximum atomic E-state index is 11.1. The highest BCUT2D eigenvalue weighted by Gasteiger charge is 2.26. The highest BCUT2D eigenvalue weighted by molar-refractivity contribution is 5.89. The van der Waals surface area contributed by atoms with E-state index in [2.05, 4.69) is 10.3 Å². The van der Waals surface area contributed by atoms with Crippen molar-refractivity contribution in [2.45, 2.75) is 18.9 Å². The number of benzene rings is 1. The van der Waals surface area contributed by atoms with Crippen molar-refractivity contribution in [2.24, 2.45) is 4.99 Å². The van der Waals surface area contributed by atoms with Gasteiger partial charge in [0.15, 0.2) is 0 Å². The molecule has 1 atom stereocenters. The van der Waals surface area contributed by atoms with E-state index >= 15 is 0 Å². The van der Waals surface area contributed by atoms with Crippen LogP contribution in [0.25, 0.3) is 0 Å². The summed E-state index contributed by atoms with van der Waals surface area (Å²) in [7, 11) is 0. The Morgan fingerprint density at radius 1 is 1.25 bits per heavy atom. The van der Waals surface area contributed by atoms with E-state index in [1.807, 2.05) is 12.1 Å². The second kappa shape index (κ2) is 7.96. The summed E-state index contributed by atoms with van der Waals surface area (Å²) in [4.78, 5) is 26.3. The summed E-state index contributed by atoms with van der Waals surface area (Å²) in [6, 6.07) is 5.89. The standard InChI is InChI=1S/C17H18N2O5/c20-13-3-1-11(2-4-13)5-7-18-8-6-12-9-14(16(21)22)19-15(10-12)17(23)24/h1-4,6,8-9,15,19-20H,5,7,10H2,(H,21,22)(H,23,24)/b12-6-,18-8?/t15-/m1/s1. The average Bonchev–Trinajstić information content (AvgIpc) is 2.56. The van der Waals surface area contributed by atoms with Gasteiger partial charge in [-0.15, -0.1) is 0 Å². The summed E-state index contributed by atoms with van der Waals surface area (Å²) in [5.74, 6) is -2.08. The first-order chi connectivity index (χ1) is 11.5. The highest BCUT2D eigenvalue weighted by atomic mass is 16.4. The van der Waals surface area contributed by atoms with Crippen LogP contribution in [0.2, 0.25) is 0 Å². The van der Waals surface area contributed by atoms with Crippen LogP contribution < -0.4 is 5.32 Å². The van der Waals surface area contributed by atoms with E-state index < -0.39 is 18.0 Å². The lowest BCUT2D eigenvalue weighted by Crippen LogP contribution is -2.41. The number of aliphatic imine (C=N–C) groups is 1. The molecule has 0 saturated carbocycles. The number of carbonyl (C=O) groups is 2. The number of phenolic OH excluding ortho intramolecular Hbond substituents is 1. The molecule has 126 valence electrons. The molecule has 0 unspecified atom stereocenters. The van der Waals surface area contributed by atoms with Crippen molar-refractivity contribution in [1.82, 2.24) is 5.32 Å². The number of aromatic hydroxyl groups is 1. The van der Waals surface area contributed by atoms with Crippen molar-refractivity contribution in [3.63, 3.8) is 0 Å². The van der Waals surface area contributed by atoms with Crippen molar-refractivity contribution in [2.75, 3.05) is 6.54 Å². The second-order valence-corrected chi connectivity index (χ2v) is 5.32. The summed E-state index contributed by atoms with van der Waals surface area (Å²) in [5, 5.41) is 29.7. The number of hydrogen-bond donors (Lipinski definition) is 4. The topological polar surface area (TPSA) is 119 Å². The smallest absolute Gasteiger partial charge is 0.351 e. The van der Waals surface area contributed by atoms with E-state index in [-0.39, 0.29) is 17.9 Å². The lowest BCUT2D eigenvalue weighted by Gasteiger charge is -2.21. The average molecular weight is 330 g/mol. The molecule has 0 aliphatic carbocycles. The Labute approximate surface area is 138 Å². The molecule has 4 N–H and O–H groups in total. The molecule has 0 radical (unpaired) electrons. The van der Waals surface area contributed by atoms with E-state index in [4.69, 9.17) is 10.2 Å². The van der Waals surface area contributed by atoms with Crippen LogP contribution in [0.3, 0.4) is 0 Å². The zero-order valence-electron chi connectivity index (χ0n) is 12.8. The van der Waals surface area contributed by atoms with E-state index in [0.29, 0.717) is 18.5 Å². The minimum absolute atomic E-state index is 0.141. The Morgan fingerprint density at radius 3 is 2.58 bits per heavy atom. The SMILES string of the molecule is O=C(O)C1=C/C(=C/C=NCCc2ccc(O)cc2)C[C@H](C(=O)O)N1. The van der Waals surface area contributed by atoms with E-state index in [0.717, 1.165) is 5.56 Å². The summed E-state index contributed by atoms with van der Waals surface area (Å²) in [6.45, 7) is 0.532. The molecule has 2 rings (SSSR count). The van der Waals surface area contributed by atoms with Crippen LogP contribution in [-0.4, -0.2) is 46.1 Å². The third-order valence-electron chi connectivity index (χ3n) is 3.49. The van der Waals surface area contributed by atoms with Crippen molar-refractivity contribution in [1.29, 1.82) is 0 Å². The van der Waals surface area contributed by atoms with Gasteiger partial charge in [-0.05, 0) is 41.8 Å². The first-order valence-corrected chi connectivity index (χ1v) is 7.37. The van der Waals surface area contributed by atoms with Crippen LogP contribution in [0.1, 0.15) is 12.0 Å². The predicted molar refractivity (Wildman–Crippen MR) is 88.1 cm³/mol. The molecule has 0 spiro atoms. The van der Waals surface area contributed by atoms with Gasteiger partial charge in [0, 0.05) is 19.2 Å². The second-order valence-electron chi connectivity index (χ2n) is 5.32. The number of carboxylic acids is 2. The summed E-state index contributed by atoms with van der Waals surface area (Å²) in [6.07, 6.45) is 5.48. The normalized spacial score (nSPS) is 19.1. The van der Waals surface area contributed by atoms with Crippen LogP contribution in [0.4, 0.5) is 0 Å². The van der Waals surface area contributed by atoms with Gasteiger partial charge in [-0.3, -0.25) is 4.99 Å². The lowest BCUT2D eigenvalue weighted by atomic mass is 10.00. The van der Waals surface area contributed by atoms with Gasteiger partial charge in [0.05, 0.1) is 0 Å². The minimum Gasteiger partial charge on any atom is -0.508 e. The molecule has 0 saturated heterocycles. The number of aliphatic carboxylic acids is 2. The number of nitrogens with zero attached hydrogens (tertiary/aromatic N) is 1. The molecular weight excluding hydrogens is 312 g/mol. The van der Waals surface area contributed by atoms with Crippen LogP contribution in [0.15, 0.2) is 52.7 Å². The molecule has 1 aliphatic heterocycles. The molecule has 7 heteroatoms. The van der Waals surface area contributed by atoms with Crippen LogP contribution >= 0.6 is 0 Å². The Hall–Kier alpha value is -3.09. The third kappa shape index (κ3) is 4.98. The number of rotatable bonds is 6. The Balaban J connectivity index is 1.95. The minimum atomic E-state index is -1.20. The molecule has 1 aromatic rings. The fourth-order valence-electron chi connectivity index (χ4n) is 2.23. The highest BCUT2D eigenvalue weighted by Crippen LogP contribution is 2.16. The fourth-order valence-corrected chi connectivity index (χ4v) is 2.23. The van der Waals surface area contributed by atoms with Crippen molar-refractivity contribution in [3.8, 4) is 5.75 Å². The molecule has 24 heavy (non-hydrogen) atoms. The van der Waals surface area contributed by atoms with Gasteiger partial charge in [-0.1, -0.05) is 12.1 Å². The van der Waals surface area contributed by atoms with Crippen molar-refractivity contribution >= 4 is 18.2 Å². The van der Waals surface area contributed by atoms with Crippen LogP contribution in [0, 0.1) is 0 Å². The maximum Gasteiger partial charge on any atom is 0.351 e. The predicted octanol–water partition coefficient (Wildman–Crippen LogP) is 1.35. The first kappa shape index (κ1) is 17.3. The number of carboxylic acid groups (broad SMARTS) is 2. The summed E-state index contributed by atoms with van der Waals surface area (Å²) in [5.41, 5.74) is 1.49. The van der Waals surface area contributed by atoms with Gasteiger partial charge in [0.1, 0.15) is 17.5 Å². The molecule has 0 fully saturated rings. The molecule has 1 heterocycles. The maximum absolute atomic E-state index is 11.1. The largest absolute Gasteiger partial charge is 0.508 e. The Kier molecular flexibility index (Phi) is 5.73. The van der Waals surface area contributed by atoms with Crippen LogP contribution in [0.5, 0.6) is 5.75 Å². The molecular formula is C17H18N2O5. The number of phenols is 1. The monoisotopic (exact) mass is 330 g/mol. The number of hydrogen-bond acceptors (Lipinski definition) is 5. The number of nitrogens with one attached hydrogen (secondary N) is 1. The molecule has 0 amide bonds. The Bertz CT molecular complexity index is 704. The zero-order valence-corrected chi connectivity index (χ0v) is 12.8. The quantitative estimate of drug-likeness (QED) is 0.585. The fraction of sp³-hybridized carbons (Fsp3) is 0.235. The number of allylic oxidation sites excluding steroid dienone is 2. The van der Waals surface area contributed by atoms with Gasteiger partial charge in [-0.2, -0.15) is 0 Å². The third-order valence-corrected chi connectivity index (χ3v) is 3.49. The molecule has 0 bridgehead atoms. The van der Waals surface area contributed by atoms with Gasteiger partial charge >= 0.3 is 11.9 Å². The molecule has 1 aliphatic rings. The summed E-state index contributed by atoms with van der Waals surface area (Å²) < 4.78 is 0. The summed E-state index contributed by atoms with van der Waals surface area (Å²) >= 11 is 0. The molecule has 0 aromatic heterocycles. The first-order valence-electron chi connectivity index (χ1n) is 7.37. The zero-order chi connectivity index (χ0) is 17.5. The molecule has 1 aromatic carbocycles. The van der Waals surface area contributed by atoms with Gasteiger partial charge in [-0.25, -0.2) is 9.59 Å². The van der Waals surface area contributed by atoms with Gasteiger partial charge in [0.25, 0.3) is 0 Å². The van der Waals surface area contributed by atoms with Gasteiger partial charge < -0.3 is 20.6 Å². The lowest BCUT2D eigenvalue weighted by molar-refractivity contribution is -0.139. The molecule has 7 nitrogen and oxygen atoms in total. The van der Waals surface area contributed by atoms with Crippen LogP contribution in [-0.2, 0) is 16.0 Å². The van der Waals surface area contributed by atoms with Crippen molar-refractivity contribution in [3.05, 3.63) is 53.3 Å². The van der Waals surface area contributed by atoms with E-state index in [9.17, 15) is 14.7 Å².